The lowest BCUT2D eigenvalue weighted by Crippen LogP contribution is -2.45. The van der Waals surface area contributed by atoms with Crippen molar-refractivity contribution in [3.63, 3.8) is 0 Å². The summed E-state index contributed by atoms with van der Waals surface area (Å²) in [4.78, 5) is 52.6. The zero-order chi connectivity index (χ0) is 29.8. The largest absolute Gasteiger partial charge is 0.478 e. The lowest BCUT2D eigenvalue weighted by Gasteiger charge is -2.37. The normalized spacial score (nSPS) is 14.0. The molecule has 1 aliphatic heterocycles. The van der Waals surface area contributed by atoms with Gasteiger partial charge in [-0.1, -0.05) is 42.5 Å². The van der Waals surface area contributed by atoms with Gasteiger partial charge in [-0.05, 0) is 82.8 Å². The van der Waals surface area contributed by atoms with Crippen molar-refractivity contribution in [3.05, 3.63) is 124 Å². The van der Waals surface area contributed by atoms with Gasteiger partial charge in [0.05, 0.1) is 5.56 Å². The van der Waals surface area contributed by atoms with Crippen LogP contribution in [-0.4, -0.2) is 47.3 Å². The molecule has 1 atom stereocenters. The van der Waals surface area contributed by atoms with Gasteiger partial charge in [-0.15, -0.1) is 0 Å². The third kappa shape index (κ3) is 5.63. The number of nitrogens with two attached hydrogens (primary N) is 1. The summed E-state index contributed by atoms with van der Waals surface area (Å²) in [6.45, 7) is 0.651. The molecule has 4 aromatic carbocycles. The van der Waals surface area contributed by atoms with Crippen molar-refractivity contribution in [2.75, 3.05) is 18.9 Å². The fraction of sp³-hybridized carbons (Fsp3) is 0.152. The highest BCUT2D eigenvalue weighted by molar-refractivity contribution is 6.03. The summed E-state index contributed by atoms with van der Waals surface area (Å²) in [6, 6.07) is 24.9. The standard InChI is InChI=1S/C33H30N4O5/c1-35-30(38)22-11-9-21(10-12-22)26-3-2-4-28-27(26)17-18-37(32(40)23-7-5-20(19-34)6-8-23)29(28)31(39)36-25-15-13-24(14-16-25)33(41)42/h2-16,29H,17-19,34H2,1H3,(H,35,38)(H,36,39)(H,41,42). The highest BCUT2D eigenvalue weighted by Crippen LogP contribution is 2.37. The number of amides is 3. The highest BCUT2D eigenvalue weighted by Gasteiger charge is 2.37. The van der Waals surface area contributed by atoms with Gasteiger partial charge >= 0.3 is 5.97 Å². The van der Waals surface area contributed by atoms with Crippen molar-refractivity contribution in [2.24, 2.45) is 5.73 Å². The Morgan fingerprint density at radius 1 is 0.857 bits per heavy atom. The number of hydrogen-bond donors (Lipinski definition) is 4. The first-order valence-electron chi connectivity index (χ1n) is 13.5. The van der Waals surface area contributed by atoms with E-state index in [1.807, 2.05) is 30.3 Å². The molecule has 9 nitrogen and oxygen atoms in total. The maximum absolute atomic E-state index is 13.9. The van der Waals surface area contributed by atoms with Crippen molar-refractivity contribution >= 4 is 29.4 Å². The van der Waals surface area contributed by atoms with E-state index in [1.165, 1.54) is 24.3 Å². The number of carboxylic acid groups (broad SMARTS) is 1. The van der Waals surface area contributed by atoms with Crippen LogP contribution in [0.3, 0.4) is 0 Å². The van der Waals surface area contributed by atoms with Crippen LogP contribution in [0.15, 0.2) is 91.0 Å². The molecule has 212 valence electrons. The third-order valence-electron chi connectivity index (χ3n) is 7.45. The average Bonchev–Trinajstić information content (AvgIpc) is 3.03. The molecule has 0 radical (unpaired) electrons. The van der Waals surface area contributed by atoms with E-state index < -0.39 is 17.9 Å². The Labute approximate surface area is 243 Å². The lowest BCUT2D eigenvalue weighted by atomic mass is 9.85. The summed E-state index contributed by atoms with van der Waals surface area (Å²) in [5.74, 6) is -1.95. The highest BCUT2D eigenvalue weighted by atomic mass is 16.4. The average molecular weight is 563 g/mol. The minimum Gasteiger partial charge on any atom is -0.478 e. The molecule has 0 bridgehead atoms. The first kappa shape index (κ1) is 28.3. The summed E-state index contributed by atoms with van der Waals surface area (Å²) in [5, 5.41) is 14.7. The number of hydrogen-bond acceptors (Lipinski definition) is 5. The van der Waals surface area contributed by atoms with Crippen LogP contribution in [0, 0.1) is 0 Å². The van der Waals surface area contributed by atoms with Crippen LogP contribution in [0.4, 0.5) is 5.69 Å². The van der Waals surface area contributed by atoms with Crippen molar-refractivity contribution in [3.8, 4) is 11.1 Å². The van der Waals surface area contributed by atoms with E-state index in [0.717, 1.165) is 22.3 Å². The predicted octanol–water partition coefficient (Wildman–Crippen LogP) is 4.25. The molecule has 4 aromatic rings. The number of rotatable bonds is 7. The summed E-state index contributed by atoms with van der Waals surface area (Å²) < 4.78 is 0. The second kappa shape index (κ2) is 12.1. The van der Waals surface area contributed by atoms with Gasteiger partial charge in [0.15, 0.2) is 0 Å². The van der Waals surface area contributed by atoms with Gasteiger partial charge < -0.3 is 26.4 Å². The van der Waals surface area contributed by atoms with Crippen LogP contribution in [0.1, 0.15) is 53.8 Å². The van der Waals surface area contributed by atoms with Gasteiger partial charge in [-0.25, -0.2) is 4.79 Å². The van der Waals surface area contributed by atoms with Crippen molar-refractivity contribution in [2.45, 2.75) is 19.0 Å². The zero-order valence-corrected chi connectivity index (χ0v) is 23.0. The van der Waals surface area contributed by atoms with E-state index in [-0.39, 0.29) is 17.4 Å². The van der Waals surface area contributed by atoms with Crippen LogP contribution < -0.4 is 16.4 Å². The molecular formula is C33H30N4O5. The Balaban J connectivity index is 1.54. The fourth-order valence-corrected chi connectivity index (χ4v) is 5.24. The minimum absolute atomic E-state index is 0.0980. The zero-order valence-electron chi connectivity index (χ0n) is 23.0. The van der Waals surface area contributed by atoms with Gasteiger partial charge in [0, 0.05) is 37.0 Å². The molecule has 5 rings (SSSR count). The maximum atomic E-state index is 13.9. The maximum Gasteiger partial charge on any atom is 0.335 e. The van der Waals surface area contributed by atoms with Crippen molar-refractivity contribution in [1.29, 1.82) is 0 Å². The molecule has 1 unspecified atom stereocenters. The number of fused-ring (bicyclic) bond motifs is 1. The number of nitrogens with zero attached hydrogens (tertiary/aromatic N) is 1. The monoisotopic (exact) mass is 562 g/mol. The van der Waals surface area contributed by atoms with Crippen molar-refractivity contribution < 1.29 is 24.3 Å². The quantitative estimate of drug-likeness (QED) is 0.265. The Morgan fingerprint density at radius 3 is 2.12 bits per heavy atom. The van der Waals surface area contributed by atoms with E-state index in [1.54, 1.807) is 48.3 Å². The second-order valence-electron chi connectivity index (χ2n) is 9.95. The van der Waals surface area contributed by atoms with Crippen molar-refractivity contribution in [1.82, 2.24) is 10.2 Å². The molecule has 5 N–H and O–H groups in total. The summed E-state index contributed by atoms with van der Waals surface area (Å²) >= 11 is 0. The number of benzene rings is 4. The Bertz CT molecular complexity index is 1650. The van der Waals surface area contributed by atoms with E-state index in [0.29, 0.717) is 41.9 Å². The van der Waals surface area contributed by atoms with E-state index in [9.17, 15) is 24.3 Å². The van der Waals surface area contributed by atoms with Gasteiger partial charge in [0.2, 0.25) is 0 Å². The Kier molecular flexibility index (Phi) is 8.12. The molecule has 42 heavy (non-hydrogen) atoms. The molecule has 0 fully saturated rings. The molecule has 0 spiro atoms. The van der Waals surface area contributed by atoms with Gasteiger partial charge in [0.25, 0.3) is 17.7 Å². The van der Waals surface area contributed by atoms with Crippen LogP contribution >= 0.6 is 0 Å². The van der Waals surface area contributed by atoms with E-state index in [4.69, 9.17) is 5.73 Å². The molecule has 0 saturated heterocycles. The lowest BCUT2D eigenvalue weighted by molar-refractivity contribution is -0.121. The SMILES string of the molecule is CNC(=O)c1ccc(-c2cccc3c2CCN(C(=O)c2ccc(CN)cc2)C3C(=O)Nc2ccc(C(=O)O)cc2)cc1. The topological polar surface area (TPSA) is 142 Å². The number of anilines is 1. The first-order chi connectivity index (χ1) is 20.3. The van der Waals surface area contributed by atoms with Crippen LogP contribution in [0.5, 0.6) is 0 Å². The first-order valence-corrected chi connectivity index (χ1v) is 13.5. The third-order valence-corrected chi connectivity index (χ3v) is 7.45. The molecule has 1 aliphatic rings. The van der Waals surface area contributed by atoms with Gasteiger partial charge in [0.1, 0.15) is 6.04 Å². The van der Waals surface area contributed by atoms with Gasteiger partial charge in [-0.3, -0.25) is 14.4 Å². The molecular weight excluding hydrogens is 532 g/mol. The Morgan fingerprint density at radius 2 is 1.50 bits per heavy atom. The molecule has 1 heterocycles. The molecule has 9 heteroatoms. The number of carbonyl (C=O) groups excluding carboxylic acids is 3. The predicted molar refractivity (Wildman–Crippen MR) is 159 cm³/mol. The smallest absolute Gasteiger partial charge is 0.335 e. The fourth-order valence-electron chi connectivity index (χ4n) is 5.24. The number of aromatic carboxylic acids is 1. The minimum atomic E-state index is -1.07. The summed E-state index contributed by atoms with van der Waals surface area (Å²) in [5.41, 5.74) is 11.5. The van der Waals surface area contributed by atoms with Crippen LogP contribution in [-0.2, 0) is 17.8 Å². The number of nitrogens with one attached hydrogen (secondary N) is 2. The Hall–Kier alpha value is -5.28. The van der Waals surface area contributed by atoms with E-state index in [2.05, 4.69) is 10.6 Å². The molecule has 3 amide bonds. The van der Waals surface area contributed by atoms with E-state index >= 15 is 0 Å². The summed E-state index contributed by atoms with van der Waals surface area (Å²) in [7, 11) is 1.58. The molecule has 0 saturated carbocycles. The summed E-state index contributed by atoms with van der Waals surface area (Å²) in [6.07, 6.45) is 0.520. The number of carboxylic acids is 1. The molecule has 0 aromatic heterocycles. The number of carbonyl (C=O) groups is 4. The van der Waals surface area contributed by atoms with Crippen LogP contribution in [0.2, 0.25) is 0 Å². The van der Waals surface area contributed by atoms with Gasteiger partial charge in [-0.2, -0.15) is 0 Å². The second-order valence-corrected chi connectivity index (χ2v) is 9.95. The molecule has 0 aliphatic carbocycles. The van der Waals surface area contributed by atoms with Crippen LogP contribution in [0.25, 0.3) is 11.1 Å².